The Morgan fingerprint density at radius 3 is 2.53 bits per heavy atom. The molecule has 3 heterocycles. The first-order chi connectivity index (χ1) is 18.3. The SMILES string of the molecule is CN1CC(=O)N2C(CN(Cc3nccn3C)C(=O)[C@@H]2Cc2ccc(O)cc2)N1C(=O)NCC1CCCCC1. The normalized spacial score (nSPS) is 23.1. The number of hydrogen-bond acceptors (Lipinski definition) is 6. The summed E-state index contributed by atoms with van der Waals surface area (Å²) in [5.41, 5.74) is 0.818. The molecule has 2 aliphatic heterocycles. The van der Waals surface area contributed by atoms with Gasteiger partial charge in [-0.15, -0.1) is 0 Å². The van der Waals surface area contributed by atoms with Gasteiger partial charge in [-0.25, -0.2) is 19.8 Å². The summed E-state index contributed by atoms with van der Waals surface area (Å²) in [6.45, 7) is 1.07. The molecule has 5 rings (SSSR count). The smallest absolute Gasteiger partial charge is 0.333 e. The van der Waals surface area contributed by atoms with E-state index in [1.807, 2.05) is 17.8 Å². The van der Waals surface area contributed by atoms with Crippen LogP contribution in [0.1, 0.15) is 43.5 Å². The Hall–Kier alpha value is -3.60. The number of nitrogens with zero attached hydrogens (tertiary/aromatic N) is 6. The van der Waals surface area contributed by atoms with E-state index in [9.17, 15) is 19.5 Å². The van der Waals surface area contributed by atoms with E-state index in [1.54, 1.807) is 57.3 Å². The molecule has 0 bridgehead atoms. The molecule has 11 heteroatoms. The van der Waals surface area contributed by atoms with Gasteiger partial charge >= 0.3 is 6.03 Å². The lowest BCUT2D eigenvalue weighted by atomic mass is 9.89. The van der Waals surface area contributed by atoms with Crippen molar-refractivity contribution in [3.8, 4) is 5.75 Å². The summed E-state index contributed by atoms with van der Waals surface area (Å²) in [5.74, 6) is 0.949. The van der Waals surface area contributed by atoms with Crippen LogP contribution in [0.4, 0.5) is 4.79 Å². The third kappa shape index (κ3) is 5.33. The number of phenols is 1. The van der Waals surface area contributed by atoms with E-state index >= 15 is 0 Å². The number of piperazine rings is 1. The molecule has 2 atom stereocenters. The van der Waals surface area contributed by atoms with Crippen molar-refractivity contribution in [1.82, 2.24) is 34.7 Å². The fraction of sp³-hybridized carbons (Fsp3) is 0.556. The van der Waals surface area contributed by atoms with Crippen LogP contribution >= 0.6 is 0 Å². The Morgan fingerprint density at radius 2 is 1.84 bits per heavy atom. The van der Waals surface area contributed by atoms with Gasteiger partial charge in [-0.05, 0) is 36.5 Å². The molecule has 38 heavy (non-hydrogen) atoms. The standard InChI is InChI=1S/C27H37N7O4/c1-30-13-12-28-23(30)16-32-17-24-33(22(26(32)37)14-19-8-10-21(35)11-9-19)25(36)18-31(2)34(24)27(38)29-15-20-6-4-3-5-7-20/h8-13,20,22,24,35H,3-7,14-18H2,1-2H3,(H,29,38)/t22-,24?/m0/s1. The molecule has 3 fully saturated rings. The fourth-order valence-electron chi connectivity index (χ4n) is 5.93. The topological polar surface area (TPSA) is 114 Å². The molecule has 1 saturated carbocycles. The van der Waals surface area contributed by atoms with Gasteiger partial charge in [0.25, 0.3) is 0 Å². The van der Waals surface area contributed by atoms with Crippen LogP contribution in [0.3, 0.4) is 0 Å². The van der Waals surface area contributed by atoms with E-state index in [4.69, 9.17) is 0 Å². The first-order valence-corrected chi connectivity index (χ1v) is 13.4. The highest BCUT2D eigenvalue weighted by atomic mass is 16.3. The average Bonchev–Trinajstić information content (AvgIpc) is 3.31. The van der Waals surface area contributed by atoms with Crippen LogP contribution in [0.25, 0.3) is 0 Å². The van der Waals surface area contributed by atoms with E-state index in [2.05, 4.69) is 10.3 Å². The number of hydrazine groups is 1. The quantitative estimate of drug-likeness (QED) is 0.596. The lowest BCUT2D eigenvalue weighted by Crippen LogP contribution is -2.76. The molecule has 4 amide bonds. The van der Waals surface area contributed by atoms with Crippen molar-refractivity contribution < 1.29 is 19.5 Å². The third-order valence-electron chi connectivity index (χ3n) is 8.03. The number of nitrogens with one attached hydrogen (secondary N) is 1. The molecule has 0 spiro atoms. The number of imidazole rings is 1. The van der Waals surface area contributed by atoms with Gasteiger partial charge in [-0.2, -0.15) is 0 Å². The Morgan fingerprint density at radius 1 is 1.11 bits per heavy atom. The molecule has 2 aromatic rings. The van der Waals surface area contributed by atoms with Crippen LogP contribution in [0.2, 0.25) is 0 Å². The number of aryl methyl sites for hydroxylation is 1. The highest BCUT2D eigenvalue weighted by Gasteiger charge is 2.50. The monoisotopic (exact) mass is 523 g/mol. The molecule has 1 unspecified atom stereocenters. The van der Waals surface area contributed by atoms with E-state index < -0.39 is 12.2 Å². The molecular weight excluding hydrogens is 486 g/mol. The maximum absolute atomic E-state index is 13.8. The Kier molecular flexibility index (Phi) is 7.55. The number of aromatic hydroxyl groups is 1. The number of benzene rings is 1. The van der Waals surface area contributed by atoms with Gasteiger partial charge in [-0.3, -0.25) is 9.59 Å². The Balaban J connectivity index is 1.42. The molecule has 2 N–H and O–H groups in total. The summed E-state index contributed by atoms with van der Waals surface area (Å²) in [5, 5.41) is 16.1. The van der Waals surface area contributed by atoms with Crippen molar-refractivity contribution >= 4 is 17.8 Å². The number of likely N-dealkylation sites (N-methyl/N-ethyl adjacent to an activating group) is 1. The number of carbonyl (C=O) groups excluding carboxylic acids is 3. The van der Waals surface area contributed by atoms with Crippen molar-refractivity contribution in [1.29, 1.82) is 0 Å². The van der Waals surface area contributed by atoms with Gasteiger partial charge in [0.1, 0.15) is 23.8 Å². The minimum atomic E-state index is -0.784. The highest BCUT2D eigenvalue weighted by molar-refractivity contribution is 5.91. The van der Waals surface area contributed by atoms with Crippen LogP contribution in [-0.4, -0.2) is 91.2 Å². The van der Waals surface area contributed by atoms with Crippen LogP contribution in [0, 0.1) is 5.92 Å². The van der Waals surface area contributed by atoms with E-state index in [-0.39, 0.29) is 49.7 Å². The van der Waals surface area contributed by atoms with Gasteiger partial charge in [0.2, 0.25) is 11.8 Å². The summed E-state index contributed by atoms with van der Waals surface area (Å²) in [7, 11) is 3.61. The minimum Gasteiger partial charge on any atom is -0.508 e. The molecule has 1 aromatic carbocycles. The molecular formula is C27H37N7O4. The summed E-state index contributed by atoms with van der Waals surface area (Å²) >= 11 is 0. The lowest BCUT2D eigenvalue weighted by Gasteiger charge is -2.54. The van der Waals surface area contributed by atoms with Crippen molar-refractivity contribution in [2.24, 2.45) is 13.0 Å². The summed E-state index contributed by atoms with van der Waals surface area (Å²) in [6, 6.07) is 5.61. The first kappa shape index (κ1) is 26.0. The maximum atomic E-state index is 13.8. The van der Waals surface area contributed by atoms with Gasteiger partial charge in [0, 0.05) is 39.5 Å². The second-order valence-electron chi connectivity index (χ2n) is 10.7. The minimum absolute atomic E-state index is 0.00602. The zero-order valence-electron chi connectivity index (χ0n) is 22.1. The fourth-order valence-corrected chi connectivity index (χ4v) is 5.93. The second kappa shape index (κ2) is 11.0. The van der Waals surface area contributed by atoms with Crippen molar-refractivity contribution in [2.75, 3.05) is 26.7 Å². The summed E-state index contributed by atoms with van der Waals surface area (Å²) < 4.78 is 1.86. The van der Waals surface area contributed by atoms with Crippen molar-refractivity contribution in [3.05, 3.63) is 48.0 Å². The zero-order chi connectivity index (χ0) is 26.8. The number of carbonyl (C=O) groups is 3. The average molecular weight is 524 g/mol. The number of rotatable bonds is 6. The number of aromatic nitrogens is 2. The number of hydrogen-bond donors (Lipinski definition) is 2. The lowest BCUT2D eigenvalue weighted by molar-refractivity contribution is -0.187. The molecule has 1 aliphatic carbocycles. The Labute approximate surface area is 223 Å². The van der Waals surface area contributed by atoms with Crippen LogP contribution in [0.5, 0.6) is 5.75 Å². The molecule has 0 radical (unpaired) electrons. The van der Waals surface area contributed by atoms with Crippen LogP contribution in [0.15, 0.2) is 36.7 Å². The predicted molar refractivity (Wildman–Crippen MR) is 139 cm³/mol. The van der Waals surface area contributed by atoms with E-state index in [0.717, 1.165) is 24.2 Å². The van der Waals surface area contributed by atoms with Gasteiger partial charge in [-0.1, -0.05) is 31.4 Å². The van der Waals surface area contributed by atoms with Gasteiger partial charge in [0.15, 0.2) is 0 Å². The molecule has 3 aliphatic rings. The number of fused-ring (bicyclic) bond motifs is 1. The summed E-state index contributed by atoms with van der Waals surface area (Å²) in [6.07, 6.45) is 9.01. The highest BCUT2D eigenvalue weighted by Crippen LogP contribution is 2.29. The molecule has 1 aromatic heterocycles. The van der Waals surface area contributed by atoms with Crippen LogP contribution < -0.4 is 5.32 Å². The van der Waals surface area contributed by atoms with Crippen molar-refractivity contribution in [3.63, 3.8) is 0 Å². The molecule has 2 saturated heterocycles. The zero-order valence-corrected chi connectivity index (χ0v) is 22.1. The molecule has 204 valence electrons. The van der Waals surface area contributed by atoms with E-state index in [0.29, 0.717) is 12.5 Å². The largest absolute Gasteiger partial charge is 0.508 e. The molecule has 11 nitrogen and oxygen atoms in total. The van der Waals surface area contributed by atoms with Gasteiger partial charge in [0.05, 0.1) is 19.6 Å². The number of phenolic OH excluding ortho intramolecular Hbond substituents is 1. The van der Waals surface area contributed by atoms with Crippen LogP contribution in [-0.2, 0) is 29.6 Å². The first-order valence-electron chi connectivity index (χ1n) is 13.4. The maximum Gasteiger partial charge on any atom is 0.333 e. The Bertz CT molecular complexity index is 1160. The van der Waals surface area contributed by atoms with Gasteiger partial charge < -0.3 is 24.8 Å². The number of urea groups is 1. The van der Waals surface area contributed by atoms with E-state index in [1.165, 1.54) is 19.3 Å². The van der Waals surface area contributed by atoms with Crippen molar-refractivity contribution in [2.45, 2.75) is 57.3 Å². The number of amides is 4. The summed E-state index contributed by atoms with van der Waals surface area (Å²) in [4.78, 5) is 48.5. The second-order valence-corrected chi connectivity index (χ2v) is 10.7. The predicted octanol–water partition coefficient (Wildman–Crippen LogP) is 1.69. The third-order valence-corrected chi connectivity index (χ3v) is 8.03.